The lowest BCUT2D eigenvalue weighted by Gasteiger charge is -2.18. The zero-order chi connectivity index (χ0) is 9.80. The zero-order valence-corrected chi connectivity index (χ0v) is 8.24. The molecule has 0 amide bonds. The summed E-state index contributed by atoms with van der Waals surface area (Å²) >= 11 is 0. The van der Waals surface area contributed by atoms with Crippen LogP contribution in [0.15, 0.2) is 37.4 Å². The third-order valence-corrected chi connectivity index (χ3v) is 2.28. The van der Waals surface area contributed by atoms with Crippen molar-refractivity contribution in [2.24, 2.45) is 0 Å². The average Bonchev–Trinajstić information content (AvgIpc) is 2.87. The van der Waals surface area contributed by atoms with Gasteiger partial charge in [-0.1, -0.05) is 13.3 Å². The first kappa shape index (κ1) is 8.99. The number of imidazole rings is 2. The first-order valence-electron chi connectivity index (χ1n) is 4.86. The molecule has 0 saturated carbocycles. The topological polar surface area (TPSA) is 35.6 Å². The van der Waals surface area contributed by atoms with Gasteiger partial charge in [0.15, 0.2) is 0 Å². The quantitative estimate of drug-likeness (QED) is 0.738. The Balaban J connectivity index is 2.25. The van der Waals surface area contributed by atoms with Crippen LogP contribution in [0.2, 0.25) is 0 Å². The van der Waals surface area contributed by atoms with Gasteiger partial charge in [-0.05, 0) is 6.42 Å². The van der Waals surface area contributed by atoms with Crippen LogP contribution in [0.25, 0.3) is 0 Å². The monoisotopic (exact) mass is 190 g/mol. The molecule has 4 heteroatoms. The van der Waals surface area contributed by atoms with Gasteiger partial charge < -0.3 is 9.13 Å². The highest BCUT2D eigenvalue weighted by atomic mass is 15.2. The number of hydrogen-bond donors (Lipinski definition) is 0. The van der Waals surface area contributed by atoms with Crippen LogP contribution in [0.1, 0.15) is 25.9 Å². The van der Waals surface area contributed by atoms with Gasteiger partial charge in [-0.3, -0.25) is 0 Å². The molecule has 0 radical (unpaired) electrons. The Morgan fingerprint density at radius 1 is 1.07 bits per heavy atom. The van der Waals surface area contributed by atoms with Gasteiger partial charge in [0.2, 0.25) is 0 Å². The van der Waals surface area contributed by atoms with E-state index in [9.17, 15) is 0 Å². The minimum Gasteiger partial charge on any atom is -0.316 e. The summed E-state index contributed by atoms with van der Waals surface area (Å²) in [5, 5.41) is 0. The lowest BCUT2D eigenvalue weighted by atomic mass is 10.2. The van der Waals surface area contributed by atoms with Crippen LogP contribution in [0.5, 0.6) is 0 Å². The van der Waals surface area contributed by atoms with E-state index in [1.165, 1.54) is 0 Å². The SMILES string of the molecule is CCCC(n1ccnc1)n1ccnc1. The molecular formula is C10H14N4. The Hall–Kier alpha value is -1.58. The molecule has 0 aliphatic heterocycles. The van der Waals surface area contributed by atoms with Crippen LogP contribution < -0.4 is 0 Å². The maximum atomic E-state index is 4.06. The molecule has 0 bridgehead atoms. The molecule has 0 atom stereocenters. The molecule has 0 aromatic carbocycles. The molecule has 2 heterocycles. The molecule has 2 aromatic heterocycles. The van der Waals surface area contributed by atoms with E-state index < -0.39 is 0 Å². The highest BCUT2D eigenvalue weighted by molar-refractivity contribution is 4.86. The second kappa shape index (κ2) is 4.09. The molecular weight excluding hydrogens is 176 g/mol. The number of hydrogen-bond acceptors (Lipinski definition) is 2. The maximum absolute atomic E-state index is 4.06. The van der Waals surface area contributed by atoms with Crippen LogP contribution >= 0.6 is 0 Å². The van der Waals surface area contributed by atoms with E-state index in [1.807, 2.05) is 25.0 Å². The summed E-state index contributed by atoms with van der Waals surface area (Å²) < 4.78 is 4.20. The molecule has 0 fully saturated rings. The van der Waals surface area contributed by atoms with Crippen molar-refractivity contribution in [3.8, 4) is 0 Å². The molecule has 4 nitrogen and oxygen atoms in total. The van der Waals surface area contributed by atoms with Gasteiger partial charge in [-0.25, -0.2) is 9.97 Å². The van der Waals surface area contributed by atoms with Crippen molar-refractivity contribution in [3.63, 3.8) is 0 Å². The summed E-state index contributed by atoms with van der Waals surface area (Å²) in [7, 11) is 0. The van der Waals surface area contributed by atoms with Crippen molar-refractivity contribution in [1.82, 2.24) is 19.1 Å². The van der Waals surface area contributed by atoms with Gasteiger partial charge >= 0.3 is 0 Å². The lowest BCUT2D eigenvalue weighted by molar-refractivity contribution is 0.397. The van der Waals surface area contributed by atoms with E-state index in [0.717, 1.165) is 12.8 Å². The number of aromatic nitrogens is 4. The van der Waals surface area contributed by atoms with Crippen molar-refractivity contribution in [2.45, 2.75) is 25.9 Å². The maximum Gasteiger partial charge on any atom is 0.112 e. The van der Waals surface area contributed by atoms with E-state index in [-0.39, 0.29) is 0 Å². The molecule has 0 aliphatic carbocycles. The minimum atomic E-state index is 0.310. The van der Waals surface area contributed by atoms with Gasteiger partial charge in [0.25, 0.3) is 0 Å². The second-order valence-corrected chi connectivity index (χ2v) is 3.29. The fourth-order valence-corrected chi connectivity index (χ4v) is 1.60. The second-order valence-electron chi connectivity index (χ2n) is 3.29. The van der Waals surface area contributed by atoms with Crippen molar-refractivity contribution >= 4 is 0 Å². The van der Waals surface area contributed by atoms with Crippen molar-refractivity contribution in [1.29, 1.82) is 0 Å². The predicted molar refractivity (Wildman–Crippen MR) is 53.8 cm³/mol. The van der Waals surface area contributed by atoms with Gasteiger partial charge in [-0.15, -0.1) is 0 Å². The Bertz CT molecular complexity index is 315. The summed E-state index contributed by atoms with van der Waals surface area (Å²) in [4.78, 5) is 8.13. The zero-order valence-electron chi connectivity index (χ0n) is 8.24. The Labute approximate surface area is 83.2 Å². The van der Waals surface area contributed by atoms with Gasteiger partial charge in [0.05, 0.1) is 12.7 Å². The highest BCUT2D eigenvalue weighted by Gasteiger charge is 2.09. The summed E-state index contributed by atoms with van der Waals surface area (Å²) in [5.41, 5.74) is 0. The minimum absolute atomic E-state index is 0.310. The Morgan fingerprint density at radius 3 is 2.00 bits per heavy atom. The van der Waals surface area contributed by atoms with E-state index in [4.69, 9.17) is 0 Å². The number of rotatable bonds is 4. The predicted octanol–water partition coefficient (Wildman–Crippen LogP) is 1.93. The molecule has 0 saturated heterocycles. The Kier molecular flexibility index (Phi) is 2.62. The van der Waals surface area contributed by atoms with Crippen LogP contribution in [-0.2, 0) is 0 Å². The molecule has 14 heavy (non-hydrogen) atoms. The summed E-state index contributed by atoms with van der Waals surface area (Å²) in [5.74, 6) is 0. The van der Waals surface area contributed by atoms with Crippen LogP contribution in [0.3, 0.4) is 0 Å². The first-order chi connectivity index (χ1) is 6.92. The van der Waals surface area contributed by atoms with Gasteiger partial charge in [-0.2, -0.15) is 0 Å². The fraction of sp³-hybridized carbons (Fsp3) is 0.400. The fourth-order valence-electron chi connectivity index (χ4n) is 1.60. The lowest BCUT2D eigenvalue weighted by Crippen LogP contribution is -2.15. The van der Waals surface area contributed by atoms with Crippen LogP contribution in [0.4, 0.5) is 0 Å². The van der Waals surface area contributed by atoms with Crippen LogP contribution in [0, 0.1) is 0 Å². The highest BCUT2D eigenvalue weighted by Crippen LogP contribution is 2.15. The largest absolute Gasteiger partial charge is 0.316 e. The van der Waals surface area contributed by atoms with Crippen LogP contribution in [-0.4, -0.2) is 19.1 Å². The molecule has 0 spiro atoms. The third-order valence-electron chi connectivity index (χ3n) is 2.28. The molecule has 2 rings (SSSR count). The smallest absolute Gasteiger partial charge is 0.112 e. The van der Waals surface area contributed by atoms with Crippen molar-refractivity contribution in [3.05, 3.63) is 37.4 Å². The average molecular weight is 190 g/mol. The summed E-state index contributed by atoms with van der Waals surface area (Å²) in [6.07, 6.45) is 13.8. The van der Waals surface area contributed by atoms with E-state index >= 15 is 0 Å². The third kappa shape index (κ3) is 1.69. The first-order valence-corrected chi connectivity index (χ1v) is 4.86. The van der Waals surface area contributed by atoms with Gasteiger partial charge in [0.1, 0.15) is 6.17 Å². The van der Waals surface area contributed by atoms with E-state index in [0.29, 0.717) is 6.17 Å². The van der Waals surface area contributed by atoms with Crippen molar-refractivity contribution < 1.29 is 0 Å². The van der Waals surface area contributed by atoms with E-state index in [2.05, 4.69) is 26.0 Å². The Morgan fingerprint density at radius 2 is 1.64 bits per heavy atom. The molecule has 2 aromatic rings. The standard InChI is InChI=1S/C10H14N4/c1-2-3-10(13-6-4-11-8-13)14-7-5-12-9-14/h4-10H,2-3H2,1H3. The summed E-state index contributed by atoms with van der Waals surface area (Å²) in [6.45, 7) is 2.18. The van der Waals surface area contributed by atoms with E-state index in [1.54, 1.807) is 12.4 Å². The molecule has 0 unspecified atom stereocenters. The van der Waals surface area contributed by atoms with Gasteiger partial charge in [0, 0.05) is 24.8 Å². The summed E-state index contributed by atoms with van der Waals surface area (Å²) in [6, 6.07) is 0. The molecule has 0 N–H and O–H groups in total. The molecule has 74 valence electrons. The molecule has 0 aliphatic rings. The normalized spacial score (nSPS) is 11.0. The van der Waals surface area contributed by atoms with Crippen molar-refractivity contribution in [2.75, 3.05) is 0 Å². The number of nitrogens with zero attached hydrogens (tertiary/aromatic N) is 4.